The van der Waals surface area contributed by atoms with Gasteiger partial charge in [0.25, 0.3) is 5.91 Å². The van der Waals surface area contributed by atoms with Gasteiger partial charge < -0.3 is 0 Å². The summed E-state index contributed by atoms with van der Waals surface area (Å²) in [6.07, 6.45) is 0.317. The zero-order valence-electron chi connectivity index (χ0n) is 11.5. The average Bonchev–Trinajstić information content (AvgIpc) is 2.76. The minimum atomic E-state index is -0.260. The maximum absolute atomic E-state index is 12.6. The summed E-state index contributed by atoms with van der Waals surface area (Å²) in [6, 6.07) is 7.30. The molecule has 2 saturated heterocycles. The van der Waals surface area contributed by atoms with Gasteiger partial charge in [-0.05, 0) is 19.1 Å². The molecular weight excluding hydrogens is 272 g/mol. The number of benzene rings is 1. The van der Waals surface area contributed by atoms with Crippen LogP contribution in [0.15, 0.2) is 24.3 Å². The number of imide groups is 1. The van der Waals surface area contributed by atoms with E-state index in [0.29, 0.717) is 12.1 Å². The summed E-state index contributed by atoms with van der Waals surface area (Å²) in [5, 5.41) is 0. The summed E-state index contributed by atoms with van der Waals surface area (Å²) in [5.74, 6) is 1.94. The number of carbonyl (C=O) groups excluding carboxylic acids is 2. The van der Waals surface area contributed by atoms with Gasteiger partial charge in [-0.1, -0.05) is 17.7 Å². The van der Waals surface area contributed by atoms with E-state index in [-0.39, 0.29) is 17.9 Å². The van der Waals surface area contributed by atoms with E-state index < -0.39 is 0 Å². The van der Waals surface area contributed by atoms with Crippen LogP contribution in [0.5, 0.6) is 0 Å². The quantitative estimate of drug-likeness (QED) is 0.777. The van der Waals surface area contributed by atoms with Crippen molar-refractivity contribution in [1.82, 2.24) is 4.90 Å². The Labute approximate surface area is 123 Å². The van der Waals surface area contributed by atoms with Crippen LogP contribution in [0.2, 0.25) is 0 Å². The average molecular weight is 290 g/mol. The van der Waals surface area contributed by atoms with Crippen molar-refractivity contribution in [1.29, 1.82) is 0 Å². The maximum atomic E-state index is 12.6. The van der Waals surface area contributed by atoms with Crippen LogP contribution >= 0.6 is 11.8 Å². The highest BCUT2D eigenvalue weighted by Gasteiger charge is 2.42. The Bertz CT molecular complexity index is 523. The molecular formula is C15H18N2O2S. The van der Waals surface area contributed by atoms with Gasteiger partial charge >= 0.3 is 0 Å². The van der Waals surface area contributed by atoms with Crippen LogP contribution in [0.4, 0.5) is 5.69 Å². The molecule has 0 radical (unpaired) electrons. The molecule has 2 aliphatic heterocycles. The molecule has 0 spiro atoms. The van der Waals surface area contributed by atoms with Gasteiger partial charge in [-0.2, -0.15) is 11.8 Å². The Morgan fingerprint density at radius 2 is 1.75 bits per heavy atom. The molecule has 2 heterocycles. The normalized spacial score (nSPS) is 24.4. The molecule has 1 atom stereocenters. The van der Waals surface area contributed by atoms with Crippen molar-refractivity contribution in [3.8, 4) is 0 Å². The Balaban J connectivity index is 1.81. The number of rotatable bonds is 2. The van der Waals surface area contributed by atoms with Crippen LogP contribution in [0.3, 0.4) is 0 Å². The van der Waals surface area contributed by atoms with E-state index in [2.05, 4.69) is 4.90 Å². The fraction of sp³-hybridized carbons (Fsp3) is 0.467. The highest BCUT2D eigenvalue weighted by molar-refractivity contribution is 7.99. The number of carbonyl (C=O) groups is 2. The number of thioether (sulfide) groups is 1. The van der Waals surface area contributed by atoms with Gasteiger partial charge in [0, 0.05) is 24.6 Å². The highest BCUT2D eigenvalue weighted by atomic mass is 32.2. The predicted octanol–water partition coefficient (Wildman–Crippen LogP) is 1.68. The first-order chi connectivity index (χ1) is 9.66. The molecule has 4 nitrogen and oxygen atoms in total. The Morgan fingerprint density at radius 3 is 2.40 bits per heavy atom. The predicted molar refractivity (Wildman–Crippen MR) is 81.0 cm³/mol. The zero-order chi connectivity index (χ0) is 14.1. The first-order valence-electron chi connectivity index (χ1n) is 6.92. The molecule has 5 heteroatoms. The lowest BCUT2D eigenvalue weighted by Gasteiger charge is -2.30. The van der Waals surface area contributed by atoms with Gasteiger partial charge in [-0.25, -0.2) is 4.90 Å². The summed E-state index contributed by atoms with van der Waals surface area (Å²) < 4.78 is 0. The Hall–Kier alpha value is -1.33. The van der Waals surface area contributed by atoms with Gasteiger partial charge in [-0.3, -0.25) is 14.5 Å². The molecule has 2 aliphatic rings. The number of aryl methyl sites for hydroxylation is 1. The smallest absolute Gasteiger partial charge is 0.251 e. The standard InChI is InChI=1S/C15H18N2O2S/c1-11-2-4-12(5-3-11)17-14(18)10-13(15(17)19)16-6-8-20-9-7-16/h2-5,13H,6-10H2,1H3/t13-/m1/s1. The number of anilines is 1. The fourth-order valence-electron chi connectivity index (χ4n) is 2.76. The van der Waals surface area contributed by atoms with E-state index in [0.717, 1.165) is 30.2 Å². The van der Waals surface area contributed by atoms with Gasteiger partial charge in [0.15, 0.2) is 0 Å². The third kappa shape index (κ3) is 2.47. The van der Waals surface area contributed by atoms with Crippen LogP contribution in [0.25, 0.3) is 0 Å². The summed E-state index contributed by atoms with van der Waals surface area (Å²) >= 11 is 1.91. The highest BCUT2D eigenvalue weighted by Crippen LogP contribution is 2.27. The molecule has 0 aromatic heterocycles. The molecule has 0 aliphatic carbocycles. The summed E-state index contributed by atoms with van der Waals surface area (Å²) in [5.41, 5.74) is 1.82. The third-order valence-corrected chi connectivity index (χ3v) is 4.84. The fourth-order valence-corrected chi connectivity index (χ4v) is 3.69. The van der Waals surface area contributed by atoms with Crippen molar-refractivity contribution in [3.05, 3.63) is 29.8 Å². The third-order valence-electron chi connectivity index (χ3n) is 3.90. The van der Waals surface area contributed by atoms with E-state index in [4.69, 9.17) is 0 Å². The SMILES string of the molecule is Cc1ccc(N2C(=O)C[C@@H](N3CCSCC3)C2=O)cc1. The molecule has 2 fully saturated rings. The number of nitrogens with zero attached hydrogens (tertiary/aromatic N) is 2. The molecule has 1 aromatic rings. The molecule has 106 valence electrons. The monoisotopic (exact) mass is 290 g/mol. The lowest BCUT2D eigenvalue weighted by molar-refractivity contribution is -0.122. The molecule has 2 amide bonds. The maximum Gasteiger partial charge on any atom is 0.251 e. The van der Waals surface area contributed by atoms with Gasteiger partial charge in [0.1, 0.15) is 0 Å². The van der Waals surface area contributed by atoms with Crippen molar-refractivity contribution >= 4 is 29.3 Å². The second kappa shape index (κ2) is 5.58. The first kappa shape index (κ1) is 13.6. The van der Waals surface area contributed by atoms with Crippen LogP contribution in [0.1, 0.15) is 12.0 Å². The minimum Gasteiger partial charge on any atom is -0.290 e. The number of hydrogen-bond acceptors (Lipinski definition) is 4. The lowest BCUT2D eigenvalue weighted by Crippen LogP contribution is -2.45. The van der Waals surface area contributed by atoms with Crippen molar-refractivity contribution in [3.63, 3.8) is 0 Å². The minimum absolute atomic E-state index is 0.0641. The van der Waals surface area contributed by atoms with Crippen LogP contribution in [-0.4, -0.2) is 47.4 Å². The summed E-state index contributed by atoms with van der Waals surface area (Å²) in [6.45, 7) is 3.79. The molecule has 0 saturated carbocycles. The summed E-state index contributed by atoms with van der Waals surface area (Å²) in [7, 11) is 0. The molecule has 0 unspecified atom stereocenters. The largest absolute Gasteiger partial charge is 0.290 e. The Kier molecular flexibility index (Phi) is 3.81. The molecule has 20 heavy (non-hydrogen) atoms. The topological polar surface area (TPSA) is 40.6 Å². The number of amides is 2. The Morgan fingerprint density at radius 1 is 1.10 bits per heavy atom. The molecule has 3 rings (SSSR count). The van der Waals surface area contributed by atoms with E-state index in [1.807, 2.05) is 43.0 Å². The molecule has 1 aromatic carbocycles. The van der Waals surface area contributed by atoms with Crippen molar-refractivity contribution in [2.75, 3.05) is 29.5 Å². The molecule has 0 bridgehead atoms. The zero-order valence-corrected chi connectivity index (χ0v) is 12.4. The van der Waals surface area contributed by atoms with E-state index >= 15 is 0 Å². The van der Waals surface area contributed by atoms with Crippen LogP contribution < -0.4 is 4.90 Å². The van der Waals surface area contributed by atoms with E-state index in [9.17, 15) is 9.59 Å². The van der Waals surface area contributed by atoms with Crippen LogP contribution in [-0.2, 0) is 9.59 Å². The van der Waals surface area contributed by atoms with Gasteiger partial charge in [-0.15, -0.1) is 0 Å². The first-order valence-corrected chi connectivity index (χ1v) is 8.07. The summed E-state index contributed by atoms with van der Waals surface area (Å²) in [4.78, 5) is 28.3. The van der Waals surface area contributed by atoms with Gasteiger partial charge in [0.2, 0.25) is 5.91 Å². The number of hydrogen-bond donors (Lipinski definition) is 0. The second-order valence-corrected chi connectivity index (χ2v) is 6.50. The van der Waals surface area contributed by atoms with Gasteiger partial charge in [0.05, 0.1) is 18.2 Å². The van der Waals surface area contributed by atoms with E-state index in [1.165, 1.54) is 4.90 Å². The van der Waals surface area contributed by atoms with Crippen molar-refractivity contribution in [2.24, 2.45) is 0 Å². The van der Waals surface area contributed by atoms with Crippen molar-refractivity contribution < 1.29 is 9.59 Å². The van der Waals surface area contributed by atoms with E-state index in [1.54, 1.807) is 0 Å². The van der Waals surface area contributed by atoms with Crippen LogP contribution in [0, 0.1) is 6.92 Å². The lowest BCUT2D eigenvalue weighted by atomic mass is 10.2. The van der Waals surface area contributed by atoms with Crippen molar-refractivity contribution in [2.45, 2.75) is 19.4 Å². The second-order valence-electron chi connectivity index (χ2n) is 5.27. The molecule has 0 N–H and O–H groups in total.